The van der Waals surface area contributed by atoms with E-state index < -0.39 is 9.84 Å². The molecule has 2 fully saturated rings. The molecule has 7 heteroatoms. The standard InChI is InChI=1S/C19H25N3O3S/c1-15-12-16-4-2-3-5-18(16)22(15)13-19(23)21-9-7-20(8-10-21)17-6-11-26(24,25)14-17/h2-5,12,17H,6-11,13-14H2,1H3/t17-/m0/s1. The average Bonchev–Trinajstić information content (AvgIpc) is 3.14. The Morgan fingerprint density at radius 1 is 1.15 bits per heavy atom. The molecule has 0 radical (unpaired) electrons. The highest BCUT2D eigenvalue weighted by atomic mass is 32.2. The number of nitrogens with zero attached hydrogens (tertiary/aromatic N) is 3. The maximum Gasteiger partial charge on any atom is 0.242 e. The zero-order chi connectivity index (χ0) is 18.3. The van der Waals surface area contributed by atoms with Crippen molar-refractivity contribution < 1.29 is 13.2 Å². The van der Waals surface area contributed by atoms with Gasteiger partial charge in [0.05, 0.1) is 11.5 Å². The van der Waals surface area contributed by atoms with Crippen LogP contribution in [-0.4, -0.2) is 72.4 Å². The van der Waals surface area contributed by atoms with Crippen molar-refractivity contribution in [1.82, 2.24) is 14.4 Å². The molecule has 2 aliphatic rings. The Bertz CT molecular complexity index is 927. The molecule has 0 N–H and O–H groups in total. The first-order chi connectivity index (χ1) is 12.4. The lowest BCUT2D eigenvalue weighted by atomic mass is 10.2. The van der Waals surface area contributed by atoms with Crippen molar-refractivity contribution in [2.45, 2.75) is 25.9 Å². The lowest BCUT2D eigenvalue weighted by molar-refractivity contribution is -0.133. The van der Waals surface area contributed by atoms with Crippen molar-refractivity contribution in [2.24, 2.45) is 0 Å². The number of hydrogen-bond donors (Lipinski definition) is 0. The smallest absolute Gasteiger partial charge is 0.242 e. The molecule has 2 saturated heterocycles. The molecule has 1 aromatic carbocycles. The van der Waals surface area contributed by atoms with E-state index in [-0.39, 0.29) is 17.7 Å². The van der Waals surface area contributed by atoms with Crippen molar-refractivity contribution in [2.75, 3.05) is 37.7 Å². The minimum atomic E-state index is -2.86. The number of carbonyl (C=O) groups excluding carboxylic acids is 1. The number of fused-ring (bicyclic) bond motifs is 1. The van der Waals surface area contributed by atoms with E-state index in [9.17, 15) is 13.2 Å². The van der Waals surface area contributed by atoms with E-state index in [1.54, 1.807) is 0 Å². The maximum absolute atomic E-state index is 12.8. The summed E-state index contributed by atoms with van der Waals surface area (Å²) in [5.41, 5.74) is 2.18. The second-order valence-electron chi connectivity index (χ2n) is 7.40. The van der Waals surface area contributed by atoms with E-state index in [0.717, 1.165) is 36.1 Å². The Morgan fingerprint density at radius 2 is 1.88 bits per heavy atom. The number of sulfone groups is 1. The molecule has 1 atom stereocenters. The van der Waals surface area contributed by atoms with Gasteiger partial charge in [0.15, 0.2) is 9.84 Å². The van der Waals surface area contributed by atoms with Gasteiger partial charge in [-0.3, -0.25) is 9.69 Å². The molecule has 0 saturated carbocycles. The Hall–Kier alpha value is -1.86. The molecular weight excluding hydrogens is 350 g/mol. The van der Waals surface area contributed by atoms with Crippen molar-refractivity contribution in [3.8, 4) is 0 Å². The molecule has 2 aliphatic heterocycles. The van der Waals surface area contributed by atoms with Gasteiger partial charge in [0.25, 0.3) is 0 Å². The fourth-order valence-electron chi connectivity index (χ4n) is 4.19. The van der Waals surface area contributed by atoms with Crippen LogP contribution in [0.15, 0.2) is 30.3 Å². The van der Waals surface area contributed by atoms with Crippen molar-refractivity contribution >= 4 is 26.6 Å². The summed E-state index contributed by atoms with van der Waals surface area (Å²) in [4.78, 5) is 16.9. The number of aryl methyl sites for hydroxylation is 1. The number of carbonyl (C=O) groups is 1. The summed E-state index contributed by atoms with van der Waals surface area (Å²) in [6, 6.07) is 10.4. The average molecular weight is 375 g/mol. The molecule has 1 aromatic heterocycles. The summed E-state index contributed by atoms with van der Waals surface area (Å²) in [6.45, 7) is 5.26. The SMILES string of the molecule is Cc1cc2ccccc2n1CC(=O)N1CCN([C@H]2CCS(=O)(=O)C2)CC1. The predicted octanol–water partition coefficient (Wildman–Crippen LogP) is 1.28. The van der Waals surface area contributed by atoms with Gasteiger partial charge in [0, 0.05) is 43.4 Å². The molecule has 2 aromatic rings. The molecule has 26 heavy (non-hydrogen) atoms. The van der Waals surface area contributed by atoms with E-state index in [1.165, 1.54) is 0 Å². The topological polar surface area (TPSA) is 62.6 Å². The Labute approximate surface area is 154 Å². The van der Waals surface area contributed by atoms with Gasteiger partial charge in [-0.1, -0.05) is 18.2 Å². The first-order valence-corrected chi connectivity index (χ1v) is 11.0. The van der Waals surface area contributed by atoms with Gasteiger partial charge in [-0.2, -0.15) is 0 Å². The number of piperazine rings is 1. The predicted molar refractivity (Wildman–Crippen MR) is 102 cm³/mol. The Kier molecular flexibility index (Phi) is 4.52. The van der Waals surface area contributed by atoms with Gasteiger partial charge in [-0.15, -0.1) is 0 Å². The van der Waals surface area contributed by atoms with E-state index in [1.807, 2.05) is 30.0 Å². The van der Waals surface area contributed by atoms with Crippen LogP contribution in [0.2, 0.25) is 0 Å². The second kappa shape index (κ2) is 6.70. The zero-order valence-corrected chi connectivity index (χ0v) is 15.9. The normalized spacial score (nSPS) is 23.6. The molecule has 1 amide bonds. The summed E-state index contributed by atoms with van der Waals surface area (Å²) in [5.74, 6) is 0.708. The lowest BCUT2D eigenvalue weighted by Gasteiger charge is -2.37. The summed E-state index contributed by atoms with van der Waals surface area (Å²) in [7, 11) is -2.86. The zero-order valence-electron chi connectivity index (χ0n) is 15.1. The molecular formula is C19H25N3O3S. The van der Waals surface area contributed by atoms with Gasteiger partial charge in [-0.25, -0.2) is 8.42 Å². The van der Waals surface area contributed by atoms with Crippen molar-refractivity contribution in [3.05, 3.63) is 36.0 Å². The molecule has 140 valence electrons. The highest BCUT2D eigenvalue weighted by molar-refractivity contribution is 7.91. The van der Waals surface area contributed by atoms with Crippen molar-refractivity contribution in [1.29, 1.82) is 0 Å². The molecule has 3 heterocycles. The fraction of sp³-hybridized carbons (Fsp3) is 0.526. The monoisotopic (exact) mass is 375 g/mol. The summed E-state index contributed by atoms with van der Waals surface area (Å²) >= 11 is 0. The second-order valence-corrected chi connectivity index (χ2v) is 9.63. The minimum Gasteiger partial charge on any atom is -0.339 e. The lowest BCUT2D eigenvalue weighted by Crippen LogP contribution is -2.52. The number of benzene rings is 1. The third kappa shape index (κ3) is 3.38. The van der Waals surface area contributed by atoms with E-state index in [4.69, 9.17) is 0 Å². The number of hydrogen-bond acceptors (Lipinski definition) is 4. The number of aromatic nitrogens is 1. The van der Waals surface area contributed by atoms with Crippen LogP contribution in [0.1, 0.15) is 12.1 Å². The molecule has 0 unspecified atom stereocenters. The molecule has 4 rings (SSSR count). The Balaban J connectivity index is 1.39. The van der Waals surface area contributed by atoms with Crippen LogP contribution < -0.4 is 0 Å². The van der Waals surface area contributed by atoms with Gasteiger partial charge >= 0.3 is 0 Å². The van der Waals surface area contributed by atoms with E-state index in [2.05, 4.69) is 21.6 Å². The highest BCUT2D eigenvalue weighted by Crippen LogP contribution is 2.21. The fourth-order valence-corrected chi connectivity index (χ4v) is 5.95. The minimum absolute atomic E-state index is 0.132. The molecule has 6 nitrogen and oxygen atoms in total. The number of amides is 1. The maximum atomic E-state index is 12.8. The highest BCUT2D eigenvalue weighted by Gasteiger charge is 2.34. The van der Waals surface area contributed by atoms with Crippen LogP contribution in [0.4, 0.5) is 0 Å². The largest absolute Gasteiger partial charge is 0.339 e. The first kappa shape index (κ1) is 17.5. The van der Waals surface area contributed by atoms with Crippen LogP contribution in [0.3, 0.4) is 0 Å². The quantitative estimate of drug-likeness (QED) is 0.811. The summed E-state index contributed by atoms with van der Waals surface area (Å²) in [6.07, 6.45) is 0.727. The summed E-state index contributed by atoms with van der Waals surface area (Å²) < 4.78 is 25.4. The Morgan fingerprint density at radius 3 is 2.58 bits per heavy atom. The van der Waals surface area contributed by atoms with Gasteiger partial charge in [0.1, 0.15) is 6.54 Å². The van der Waals surface area contributed by atoms with E-state index in [0.29, 0.717) is 25.4 Å². The number of rotatable bonds is 3. The number of para-hydroxylation sites is 1. The molecule has 0 aliphatic carbocycles. The van der Waals surface area contributed by atoms with Gasteiger partial charge in [-0.05, 0) is 30.9 Å². The third-order valence-corrected chi connectivity index (χ3v) is 7.45. The van der Waals surface area contributed by atoms with Crippen LogP contribution in [0.25, 0.3) is 10.9 Å². The third-order valence-electron chi connectivity index (χ3n) is 5.70. The molecule has 0 bridgehead atoms. The van der Waals surface area contributed by atoms with Crippen LogP contribution in [0, 0.1) is 6.92 Å². The van der Waals surface area contributed by atoms with Gasteiger partial charge in [0.2, 0.25) is 5.91 Å². The summed E-state index contributed by atoms with van der Waals surface area (Å²) in [5, 5.41) is 1.16. The van der Waals surface area contributed by atoms with Crippen LogP contribution in [-0.2, 0) is 21.2 Å². The van der Waals surface area contributed by atoms with Gasteiger partial charge < -0.3 is 9.47 Å². The van der Waals surface area contributed by atoms with Crippen molar-refractivity contribution in [3.63, 3.8) is 0 Å². The first-order valence-electron chi connectivity index (χ1n) is 9.20. The van der Waals surface area contributed by atoms with Crippen LogP contribution >= 0.6 is 0 Å². The molecule has 0 spiro atoms. The van der Waals surface area contributed by atoms with E-state index >= 15 is 0 Å². The van der Waals surface area contributed by atoms with Crippen LogP contribution in [0.5, 0.6) is 0 Å².